The van der Waals surface area contributed by atoms with Crippen molar-refractivity contribution in [3.8, 4) is 0 Å². The molecule has 134 valence electrons. The molecule has 0 aliphatic rings. The van der Waals surface area contributed by atoms with E-state index < -0.39 is 0 Å². The summed E-state index contributed by atoms with van der Waals surface area (Å²) in [7, 11) is 0. The summed E-state index contributed by atoms with van der Waals surface area (Å²) in [6.45, 7) is 5.75. The number of nitrogens with zero attached hydrogens (tertiary/aromatic N) is 2. The number of aryl methyl sites for hydroxylation is 2. The van der Waals surface area contributed by atoms with Crippen LogP contribution in [-0.2, 0) is 13.1 Å². The average Bonchev–Trinajstić information content (AvgIpc) is 3.30. The van der Waals surface area contributed by atoms with Crippen LogP contribution in [0.4, 0.5) is 0 Å². The average molecular weight is 385 g/mol. The molecule has 0 spiro atoms. The summed E-state index contributed by atoms with van der Waals surface area (Å²) in [6.07, 6.45) is 0.885. The maximum Gasteiger partial charge on any atom is 0.211 e. The van der Waals surface area contributed by atoms with Gasteiger partial charge in [0.2, 0.25) is 5.78 Å². The molecular formula is C21H21ClN2OS. The molecule has 3 nitrogen and oxygen atoms in total. The Labute approximate surface area is 161 Å². The second kappa shape index (κ2) is 6.93. The minimum absolute atomic E-state index is 0.105. The second-order valence-electron chi connectivity index (χ2n) is 6.46. The number of para-hydroxylation sites is 1. The fraction of sp³-hybridized carbons (Fsp3) is 0.286. The van der Waals surface area contributed by atoms with E-state index in [0.717, 1.165) is 52.8 Å². The molecule has 4 rings (SSSR count). The minimum atomic E-state index is 0.105. The Morgan fingerprint density at radius 2 is 2.00 bits per heavy atom. The molecule has 0 saturated carbocycles. The van der Waals surface area contributed by atoms with Crippen LogP contribution in [0.3, 0.4) is 0 Å². The predicted molar refractivity (Wildman–Crippen MR) is 111 cm³/mol. The molecule has 0 radical (unpaired) electrons. The first kappa shape index (κ1) is 17.4. The zero-order valence-electron chi connectivity index (χ0n) is 15.0. The van der Waals surface area contributed by atoms with E-state index in [2.05, 4.69) is 33.6 Å². The lowest BCUT2D eigenvalue weighted by Crippen LogP contribution is -2.11. The largest absolute Gasteiger partial charge is 0.344 e. The van der Waals surface area contributed by atoms with Crippen molar-refractivity contribution in [1.82, 2.24) is 9.13 Å². The predicted octanol–water partition coefficient (Wildman–Crippen LogP) is 5.85. The maximum atomic E-state index is 13.6. The summed E-state index contributed by atoms with van der Waals surface area (Å²) in [5.41, 5.74) is 3.72. The molecule has 0 aliphatic heterocycles. The molecule has 0 N–H and O–H groups in total. The first-order chi connectivity index (χ1) is 12.7. The van der Waals surface area contributed by atoms with Gasteiger partial charge in [-0.15, -0.1) is 22.9 Å². The number of hydrogen-bond acceptors (Lipinski definition) is 2. The standard InChI is InChI=1S/C21H21ClN2OS/c1-3-23-18(13-15-9-12-26-21(15)23)20(25)19-14(2)24(11-6-10-22)17-8-5-4-7-16(17)19/h4-5,7-9,12-13H,3,6,10-11H2,1-2H3. The molecule has 5 heteroatoms. The number of alkyl halides is 1. The van der Waals surface area contributed by atoms with Crippen molar-refractivity contribution in [2.24, 2.45) is 0 Å². The summed E-state index contributed by atoms with van der Waals surface area (Å²) in [4.78, 5) is 14.7. The van der Waals surface area contributed by atoms with Gasteiger partial charge in [-0.2, -0.15) is 0 Å². The highest BCUT2D eigenvalue weighted by molar-refractivity contribution is 7.16. The Morgan fingerprint density at radius 1 is 1.19 bits per heavy atom. The van der Waals surface area contributed by atoms with Gasteiger partial charge >= 0.3 is 0 Å². The third-order valence-electron chi connectivity index (χ3n) is 5.02. The number of carbonyl (C=O) groups excluding carboxylic acids is 1. The quantitative estimate of drug-likeness (QED) is 0.303. The van der Waals surface area contributed by atoms with Gasteiger partial charge in [0.15, 0.2) is 0 Å². The Hall–Kier alpha value is -2.04. The highest BCUT2D eigenvalue weighted by Gasteiger charge is 2.24. The van der Waals surface area contributed by atoms with Crippen LogP contribution in [0.2, 0.25) is 0 Å². The van der Waals surface area contributed by atoms with Gasteiger partial charge in [0, 0.05) is 41.0 Å². The van der Waals surface area contributed by atoms with Gasteiger partial charge in [-0.3, -0.25) is 4.79 Å². The number of rotatable bonds is 6. The van der Waals surface area contributed by atoms with Gasteiger partial charge in [-0.05, 0) is 43.8 Å². The van der Waals surface area contributed by atoms with Crippen LogP contribution in [0.1, 0.15) is 35.1 Å². The summed E-state index contributed by atoms with van der Waals surface area (Å²) < 4.78 is 4.36. The Balaban J connectivity index is 1.91. The van der Waals surface area contributed by atoms with Gasteiger partial charge in [0.25, 0.3) is 0 Å². The van der Waals surface area contributed by atoms with Gasteiger partial charge in [-0.25, -0.2) is 0 Å². The number of aromatic nitrogens is 2. The number of ketones is 1. The van der Waals surface area contributed by atoms with Crippen LogP contribution in [0.5, 0.6) is 0 Å². The molecule has 0 aliphatic carbocycles. The van der Waals surface area contributed by atoms with Crippen LogP contribution in [0.15, 0.2) is 41.8 Å². The van der Waals surface area contributed by atoms with Crippen molar-refractivity contribution < 1.29 is 4.79 Å². The molecule has 1 aromatic carbocycles. The topological polar surface area (TPSA) is 26.9 Å². The van der Waals surface area contributed by atoms with Crippen LogP contribution < -0.4 is 0 Å². The van der Waals surface area contributed by atoms with Crippen molar-refractivity contribution >= 4 is 49.8 Å². The van der Waals surface area contributed by atoms with Crippen molar-refractivity contribution in [1.29, 1.82) is 0 Å². The van der Waals surface area contributed by atoms with Crippen LogP contribution in [0, 0.1) is 6.92 Å². The molecule has 0 unspecified atom stereocenters. The number of benzene rings is 1. The summed E-state index contributed by atoms with van der Waals surface area (Å²) >= 11 is 7.60. The van der Waals surface area contributed by atoms with Crippen molar-refractivity contribution in [3.05, 3.63) is 58.7 Å². The number of hydrogen-bond donors (Lipinski definition) is 0. The highest BCUT2D eigenvalue weighted by Crippen LogP contribution is 2.31. The zero-order chi connectivity index (χ0) is 18.3. The van der Waals surface area contributed by atoms with Crippen molar-refractivity contribution in [2.75, 3.05) is 5.88 Å². The molecule has 4 aromatic rings. The van der Waals surface area contributed by atoms with Crippen LogP contribution in [0.25, 0.3) is 21.1 Å². The SMILES string of the molecule is CCn1c(C(=O)c2c(C)n(CCCCl)c3ccccc23)cc2ccsc21. The molecular weight excluding hydrogens is 364 g/mol. The van der Waals surface area contributed by atoms with E-state index in [-0.39, 0.29) is 5.78 Å². The Bertz CT molecular complexity index is 1100. The first-order valence-electron chi connectivity index (χ1n) is 8.92. The van der Waals surface area contributed by atoms with Crippen LogP contribution >= 0.6 is 22.9 Å². The highest BCUT2D eigenvalue weighted by atomic mass is 35.5. The lowest BCUT2D eigenvalue weighted by Gasteiger charge is -2.09. The van der Waals surface area contributed by atoms with Gasteiger partial charge < -0.3 is 9.13 Å². The van der Waals surface area contributed by atoms with E-state index in [1.165, 1.54) is 4.83 Å². The Morgan fingerprint density at radius 3 is 2.77 bits per heavy atom. The Kier molecular flexibility index (Phi) is 4.63. The molecule has 0 bridgehead atoms. The molecule has 26 heavy (non-hydrogen) atoms. The number of carbonyl (C=O) groups is 1. The first-order valence-corrected chi connectivity index (χ1v) is 10.3. The second-order valence-corrected chi connectivity index (χ2v) is 7.73. The van der Waals surface area contributed by atoms with E-state index in [1.807, 2.05) is 31.2 Å². The molecule has 0 atom stereocenters. The van der Waals surface area contributed by atoms with E-state index >= 15 is 0 Å². The van der Waals surface area contributed by atoms with E-state index in [1.54, 1.807) is 11.3 Å². The zero-order valence-corrected chi connectivity index (χ0v) is 16.5. The molecule has 0 fully saturated rings. The minimum Gasteiger partial charge on any atom is -0.344 e. The van der Waals surface area contributed by atoms with Crippen molar-refractivity contribution in [3.63, 3.8) is 0 Å². The molecule has 3 heterocycles. The third-order valence-corrected chi connectivity index (χ3v) is 6.24. The van der Waals surface area contributed by atoms with E-state index in [0.29, 0.717) is 5.88 Å². The normalized spacial score (nSPS) is 11.7. The summed E-state index contributed by atoms with van der Waals surface area (Å²) in [5.74, 6) is 0.720. The monoisotopic (exact) mass is 384 g/mol. The van der Waals surface area contributed by atoms with Crippen LogP contribution in [-0.4, -0.2) is 20.8 Å². The fourth-order valence-corrected chi connectivity index (χ4v) is 4.91. The smallest absolute Gasteiger partial charge is 0.211 e. The summed E-state index contributed by atoms with van der Waals surface area (Å²) in [5, 5.41) is 4.24. The molecule has 0 amide bonds. The number of fused-ring (bicyclic) bond motifs is 2. The summed E-state index contributed by atoms with van der Waals surface area (Å²) in [6, 6.07) is 12.3. The van der Waals surface area contributed by atoms with Gasteiger partial charge in [0.1, 0.15) is 4.83 Å². The van der Waals surface area contributed by atoms with E-state index in [9.17, 15) is 4.79 Å². The fourth-order valence-electron chi connectivity index (χ4n) is 3.83. The van der Waals surface area contributed by atoms with Gasteiger partial charge in [-0.1, -0.05) is 18.2 Å². The molecule has 3 aromatic heterocycles. The maximum absolute atomic E-state index is 13.6. The third kappa shape index (κ3) is 2.60. The lowest BCUT2D eigenvalue weighted by molar-refractivity contribution is 0.103. The van der Waals surface area contributed by atoms with Crippen molar-refractivity contribution in [2.45, 2.75) is 33.4 Å². The number of thiophene rings is 1. The molecule has 0 saturated heterocycles. The number of halogens is 1. The lowest BCUT2D eigenvalue weighted by atomic mass is 10.0. The van der Waals surface area contributed by atoms with E-state index in [4.69, 9.17) is 11.6 Å². The van der Waals surface area contributed by atoms with Gasteiger partial charge in [0.05, 0.1) is 11.3 Å².